The number of rotatable bonds is 12. The standard InChI is InChI=1S/C24H35IN2O6/c1-16(2)8-11-27(22(29)9-13-32-3)19-14-17(24(31)26-10-12-28)15-21(23(19)30)33-20-7-5-4-6-18(20)25/h4-7,15-16,19,21,23,28,30H,8-14H2,1-3H3,(H,26,31)/t19-,21+,23+/m1/s1. The Hall–Kier alpha value is -1.69. The first-order chi connectivity index (χ1) is 15.8. The van der Waals surface area contributed by atoms with Gasteiger partial charge in [-0.2, -0.15) is 0 Å². The fourth-order valence-electron chi connectivity index (χ4n) is 3.67. The number of aliphatic hydroxyl groups is 2. The van der Waals surface area contributed by atoms with Crippen molar-refractivity contribution in [3.8, 4) is 5.75 Å². The van der Waals surface area contributed by atoms with E-state index in [1.165, 1.54) is 0 Å². The molecule has 1 aromatic rings. The van der Waals surface area contributed by atoms with Gasteiger partial charge in [-0.05, 0) is 53.1 Å². The fourth-order valence-corrected chi connectivity index (χ4v) is 4.19. The Morgan fingerprint density at radius 2 is 2.03 bits per heavy atom. The van der Waals surface area contributed by atoms with Gasteiger partial charge in [0, 0.05) is 32.2 Å². The first-order valence-corrected chi connectivity index (χ1v) is 12.3. The van der Waals surface area contributed by atoms with E-state index < -0.39 is 18.2 Å². The van der Waals surface area contributed by atoms with Crippen LogP contribution in [0, 0.1) is 9.49 Å². The topological polar surface area (TPSA) is 108 Å². The summed E-state index contributed by atoms with van der Waals surface area (Å²) >= 11 is 2.15. The molecule has 8 nitrogen and oxygen atoms in total. The van der Waals surface area contributed by atoms with E-state index in [1.807, 2.05) is 18.2 Å². The number of para-hydroxylation sites is 1. The molecule has 1 aliphatic rings. The molecule has 0 saturated carbocycles. The third-order valence-corrected chi connectivity index (χ3v) is 6.39. The summed E-state index contributed by atoms with van der Waals surface area (Å²) in [5.74, 6) is 0.481. The summed E-state index contributed by atoms with van der Waals surface area (Å²) in [6, 6.07) is 6.80. The highest BCUT2D eigenvalue weighted by molar-refractivity contribution is 14.1. The maximum Gasteiger partial charge on any atom is 0.247 e. The van der Waals surface area contributed by atoms with Gasteiger partial charge in [0.25, 0.3) is 0 Å². The van der Waals surface area contributed by atoms with E-state index in [0.29, 0.717) is 23.8 Å². The molecule has 0 fully saturated rings. The average Bonchev–Trinajstić information content (AvgIpc) is 2.79. The van der Waals surface area contributed by atoms with Crippen molar-refractivity contribution in [1.82, 2.24) is 10.2 Å². The first-order valence-electron chi connectivity index (χ1n) is 11.3. The number of carbonyl (C=O) groups excluding carboxylic acids is 2. The van der Waals surface area contributed by atoms with Crippen LogP contribution in [0.25, 0.3) is 0 Å². The van der Waals surface area contributed by atoms with Crippen molar-refractivity contribution in [2.45, 2.75) is 51.4 Å². The highest BCUT2D eigenvalue weighted by atomic mass is 127. The van der Waals surface area contributed by atoms with Gasteiger partial charge in [0.15, 0.2) is 0 Å². The summed E-state index contributed by atoms with van der Waals surface area (Å²) in [7, 11) is 1.54. The van der Waals surface area contributed by atoms with Crippen molar-refractivity contribution >= 4 is 34.4 Å². The number of ether oxygens (including phenoxy) is 2. The van der Waals surface area contributed by atoms with Gasteiger partial charge < -0.3 is 29.9 Å². The summed E-state index contributed by atoms with van der Waals surface area (Å²) in [5, 5.41) is 23.1. The molecule has 184 valence electrons. The zero-order valence-electron chi connectivity index (χ0n) is 19.5. The molecular formula is C24H35IN2O6. The number of amides is 2. The number of halogens is 1. The van der Waals surface area contributed by atoms with Crippen molar-refractivity contribution in [2.75, 3.05) is 33.4 Å². The van der Waals surface area contributed by atoms with Crippen LogP contribution in [0.15, 0.2) is 35.9 Å². The fraction of sp³-hybridized carbons (Fsp3) is 0.583. The number of benzene rings is 1. The smallest absolute Gasteiger partial charge is 0.247 e. The van der Waals surface area contributed by atoms with Gasteiger partial charge in [-0.3, -0.25) is 9.59 Å². The Morgan fingerprint density at radius 3 is 2.67 bits per heavy atom. The van der Waals surface area contributed by atoms with Crippen molar-refractivity contribution in [3.05, 3.63) is 39.5 Å². The Kier molecular flexibility index (Phi) is 11.6. The summed E-state index contributed by atoms with van der Waals surface area (Å²) < 4.78 is 12.1. The zero-order chi connectivity index (χ0) is 24.4. The van der Waals surface area contributed by atoms with E-state index in [2.05, 4.69) is 41.8 Å². The Labute approximate surface area is 209 Å². The quantitative estimate of drug-likeness (QED) is 0.330. The van der Waals surface area contributed by atoms with Gasteiger partial charge in [-0.25, -0.2) is 0 Å². The van der Waals surface area contributed by atoms with Crippen LogP contribution >= 0.6 is 22.6 Å². The summed E-state index contributed by atoms with van der Waals surface area (Å²) in [6.07, 6.45) is 0.939. The third-order valence-electron chi connectivity index (χ3n) is 5.50. The zero-order valence-corrected chi connectivity index (χ0v) is 21.7. The molecule has 3 atom stereocenters. The van der Waals surface area contributed by atoms with Crippen LogP contribution in [-0.2, 0) is 14.3 Å². The number of hydrogen-bond donors (Lipinski definition) is 3. The molecule has 0 heterocycles. The van der Waals surface area contributed by atoms with E-state index in [0.717, 1.165) is 9.99 Å². The summed E-state index contributed by atoms with van der Waals surface area (Å²) in [5.41, 5.74) is 0.420. The largest absolute Gasteiger partial charge is 0.482 e. The summed E-state index contributed by atoms with van der Waals surface area (Å²) in [6.45, 7) is 4.83. The molecule has 2 amide bonds. The molecule has 0 aliphatic heterocycles. The summed E-state index contributed by atoms with van der Waals surface area (Å²) in [4.78, 5) is 27.5. The number of carbonyl (C=O) groups is 2. The molecule has 9 heteroatoms. The number of methoxy groups -OCH3 is 1. The van der Waals surface area contributed by atoms with Crippen LogP contribution < -0.4 is 10.1 Å². The Morgan fingerprint density at radius 1 is 1.30 bits per heavy atom. The third kappa shape index (κ3) is 8.24. The normalized spacial score (nSPS) is 20.3. The van der Waals surface area contributed by atoms with Crippen LogP contribution in [0.1, 0.15) is 33.1 Å². The molecule has 1 aliphatic carbocycles. The number of hydrogen-bond acceptors (Lipinski definition) is 6. The lowest BCUT2D eigenvalue weighted by molar-refractivity contribution is -0.139. The maximum absolute atomic E-state index is 13.1. The molecule has 1 aromatic carbocycles. The van der Waals surface area contributed by atoms with Crippen LogP contribution in [0.5, 0.6) is 5.75 Å². The van der Waals surface area contributed by atoms with E-state index >= 15 is 0 Å². The molecule has 0 saturated heterocycles. The van der Waals surface area contributed by atoms with Gasteiger partial charge in [-0.1, -0.05) is 26.0 Å². The molecule has 0 aromatic heterocycles. The van der Waals surface area contributed by atoms with Gasteiger partial charge in [0.1, 0.15) is 18.0 Å². The first kappa shape index (κ1) is 27.6. The minimum absolute atomic E-state index is 0.120. The molecule has 0 unspecified atom stereocenters. The lowest BCUT2D eigenvalue weighted by Crippen LogP contribution is -2.55. The lowest BCUT2D eigenvalue weighted by atomic mass is 9.87. The molecule has 33 heavy (non-hydrogen) atoms. The van der Waals surface area contributed by atoms with E-state index in [1.54, 1.807) is 24.2 Å². The van der Waals surface area contributed by atoms with Crippen molar-refractivity contribution < 1.29 is 29.3 Å². The second-order valence-electron chi connectivity index (χ2n) is 8.46. The van der Waals surface area contributed by atoms with Gasteiger partial charge in [0.2, 0.25) is 11.8 Å². The predicted molar refractivity (Wildman–Crippen MR) is 134 cm³/mol. The monoisotopic (exact) mass is 574 g/mol. The van der Waals surface area contributed by atoms with E-state index in [9.17, 15) is 14.7 Å². The van der Waals surface area contributed by atoms with E-state index in [4.69, 9.17) is 14.6 Å². The number of nitrogens with zero attached hydrogens (tertiary/aromatic N) is 1. The van der Waals surface area contributed by atoms with Crippen LogP contribution in [0.2, 0.25) is 0 Å². The maximum atomic E-state index is 13.1. The minimum atomic E-state index is -1.02. The number of nitrogens with one attached hydrogen (secondary N) is 1. The molecule has 0 spiro atoms. The van der Waals surface area contributed by atoms with Gasteiger partial charge in [0.05, 0.1) is 29.2 Å². The lowest BCUT2D eigenvalue weighted by Gasteiger charge is -2.41. The second kappa shape index (κ2) is 13.9. The second-order valence-corrected chi connectivity index (χ2v) is 9.62. The van der Waals surface area contributed by atoms with Gasteiger partial charge in [-0.15, -0.1) is 0 Å². The Bertz CT molecular complexity index is 816. The van der Waals surface area contributed by atoms with Crippen molar-refractivity contribution in [1.29, 1.82) is 0 Å². The molecule has 0 bridgehead atoms. The highest BCUT2D eigenvalue weighted by Gasteiger charge is 2.40. The van der Waals surface area contributed by atoms with Crippen LogP contribution in [0.3, 0.4) is 0 Å². The predicted octanol–water partition coefficient (Wildman–Crippen LogP) is 2.12. The molecule has 3 N–H and O–H groups in total. The minimum Gasteiger partial charge on any atom is -0.482 e. The SMILES string of the molecule is COCCC(=O)N(CCC(C)C)[C@@H]1CC(C(=O)NCCO)=C[C@H](Oc2ccccc2I)[C@H]1O. The molecule has 2 rings (SSSR count). The van der Waals surface area contributed by atoms with Crippen molar-refractivity contribution in [3.63, 3.8) is 0 Å². The molecular weight excluding hydrogens is 539 g/mol. The average molecular weight is 574 g/mol. The van der Waals surface area contributed by atoms with Crippen molar-refractivity contribution in [2.24, 2.45) is 5.92 Å². The number of aliphatic hydroxyl groups excluding tert-OH is 2. The highest BCUT2D eigenvalue weighted by Crippen LogP contribution is 2.30. The van der Waals surface area contributed by atoms with Gasteiger partial charge >= 0.3 is 0 Å². The van der Waals surface area contributed by atoms with Crippen LogP contribution in [-0.4, -0.2) is 78.6 Å². The Balaban J connectivity index is 2.37. The van der Waals surface area contributed by atoms with Crippen LogP contribution in [0.4, 0.5) is 0 Å². The molecule has 0 radical (unpaired) electrons. The van der Waals surface area contributed by atoms with E-state index in [-0.39, 0.29) is 44.4 Å².